The Balaban J connectivity index is 1.94. The zero-order valence-corrected chi connectivity index (χ0v) is 11.9. The average Bonchev–Trinajstić information content (AvgIpc) is 2.90. The second-order valence-corrected chi connectivity index (χ2v) is 4.76. The van der Waals surface area contributed by atoms with Crippen LogP contribution < -0.4 is 5.32 Å². The summed E-state index contributed by atoms with van der Waals surface area (Å²) >= 11 is 0. The van der Waals surface area contributed by atoms with E-state index in [1.165, 1.54) is 18.5 Å². The summed E-state index contributed by atoms with van der Waals surface area (Å²) in [5.41, 5.74) is 2.40. The summed E-state index contributed by atoms with van der Waals surface area (Å²) in [4.78, 5) is 15.2. The van der Waals surface area contributed by atoms with E-state index in [0.29, 0.717) is 11.5 Å². The monoisotopic (exact) mass is 294 g/mol. The number of carboxylic acid groups (broad SMARTS) is 1. The van der Waals surface area contributed by atoms with Gasteiger partial charge in [-0.15, -0.1) is 0 Å². The maximum absolute atomic E-state index is 11.2. The predicted octanol–water partition coefficient (Wildman–Crippen LogP) is 2.92. The van der Waals surface area contributed by atoms with Gasteiger partial charge in [-0.2, -0.15) is 5.10 Å². The maximum Gasteiger partial charge on any atom is 0.337 e. The van der Waals surface area contributed by atoms with Crippen molar-refractivity contribution >= 4 is 17.5 Å². The molecule has 0 radical (unpaired) electrons. The number of carbonyl (C=O) groups is 1. The molecule has 0 amide bonds. The van der Waals surface area contributed by atoms with Crippen LogP contribution in [0.5, 0.6) is 0 Å². The van der Waals surface area contributed by atoms with Gasteiger partial charge in [0.25, 0.3) is 0 Å². The Morgan fingerprint density at radius 2 is 2.00 bits per heavy atom. The number of rotatable bonds is 4. The third kappa shape index (κ3) is 2.67. The number of nitrogens with zero attached hydrogens (tertiary/aromatic N) is 3. The lowest BCUT2D eigenvalue weighted by Crippen LogP contribution is -2.05. The van der Waals surface area contributed by atoms with Crippen LogP contribution in [0.3, 0.4) is 0 Å². The standard InChI is InChI=1S/C16H14N4O2/c1-20-15(9-13(19-20)11-5-3-2-4-6-11)18-14-10-17-8-7-12(14)16(21)22/h2-10,18H,1H3,(H,21,22). The van der Waals surface area contributed by atoms with Crippen molar-refractivity contribution in [3.8, 4) is 11.3 Å². The van der Waals surface area contributed by atoms with Crippen LogP contribution in [0.15, 0.2) is 54.9 Å². The molecule has 22 heavy (non-hydrogen) atoms. The Hall–Kier alpha value is -3.15. The van der Waals surface area contributed by atoms with Crippen molar-refractivity contribution in [3.63, 3.8) is 0 Å². The van der Waals surface area contributed by atoms with E-state index in [-0.39, 0.29) is 5.56 Å². The maximum atomic E-state index is 11.2. The van der Waals surface area contributed by atoms with E-state index < -0.39 is 5.97 Å². The van der Waals surface area contributed by atoms with Gasteiger partial charge in [0.2, 0.25) is 0 Å². The quantitative estimate of drug-likeness (QED) is 0.773. The van der Waals surface area contributed by atoms with Gasteiger partial charge in [-0.25, -0.2) is 4.79 Å². The molecule has 0 unspecified atom stereocenters. The molecule has 0 aliphatic heterocycles. The number of nitrogens with one attached hydrogen (secondary N) is 1. The summed E-state index contributed by atoms with van der Waals surface area (Å²) in [6.45, 7) is 0. The van der Waals surface area contributed by atoms with Gasteiger partial charge in [-0.05, 0) is 6.07 Å². The third-order valence-electron chi connectivity index (χ3n) is 3.26. The fourth-order valence-electron chi connectivity index (χ4n) is 2.15. The molecule has 110 valence electrons. The number of aromatic nitrogens is 3. The lowest BCUT2D eigenvalue weighted by molar-refractivity contribution is 0.0698. The Kier molecular flexibility index (Phi) is 3.57. The average molecular weight is 294 g/mol. The molecule has 0 spiro atoms. The summed E-state index contributed by atoms with van der Waals surface area (Å²) in [5, 5.41) is 16.7. The van der Waals surface area contributed by atoms with Gasteiger partial charge in [0, 0.05) is 24.9 Å². The minimum Gasteiger partial charge on any atom is -0.478 e. The van der Waals surface area contributed by atoms with E-state index in [9.17, 15) is 9.90 Å². The lowest BCUT2D eigenvalue weighted by atomic mass is 10.1. The summed E-state index contributed by atoms with van der Waals surface area (Å²) < 4.78 is 1.67. The van der Waals surface area contributed by atoms with E-state index >= 15 is 0 Å². The molecule has 0 aliphatic carbocycles. The molecule has 2 aromatic heterocycles. The Bertz CT molecular complexity index is 812. The summed E-state index contributed by atoms with van der Waals surface area (Å²) in [7, 11) is 1.80. The Morgan fingerprint density at radius 3 is 2.73 bits per heavy atom. The van der Waals surface area contributed by atoms with Crippen LogP contribution in [0.2, 0.25) is 0 Å². The number of aryl methyl sites for hydroxylation is 1. The van der Waals surface area contributed by atoms with Crippen LogP contribution in [-0.4, -0.2) is 25.8 Å². The van der Waals surface area contributed by atoms with Crippen LogP contribution in [-0.2, 0) is 7.05 Å². The first-order valence-electron chi connectivity index (χ1n) is 6.69. The van der Waals surface area contributed by atoms with Crippen molar-refractivity contribution in [3.05, 3.63) is 60.4 Å². The molecule has 3 aromatic rings. The smallest absolute Gasteiger partial charge is 0.337 e. The molecule has 6 heteroatoms. The molecule has 0 saturated carbocycles. The number of pyridine rings is 1. The van der Waals surface area contributed by atoms with E-state index in [4.69, 9.17) is 0 Å². The van der Waals surface area contributed by atoms with Crippen LogP contribution in [0, 0.1) is 0 Å². The third-order valence-corrected chi connectivity index (χ3v) is 3.26. The highest BCUT2D eigenvalue weighted by Gasteiger charge is 2.12. The first kappa shape index (κ1) is 13.8. The Labute approximate surface area is 127 Å². The number of carboxylic acids is 1. The Morgan fingerprint density at radius 1 is 1.23 bits per heavy atom. The van der Waals surface area contributed by atoms with Crippen molar-refractivity contribution in [1.82, 2.24) is 14.8 Å². The largest absolute Gasteiger partial charge is 0.478 e. The highest BCUT2D eigenvalue weighted by molar-refractivity contribution is 5.94. The van der Waals surface area contributed by atoms with Crippen molar-refractivity contribution in [2.75, 3.05) is 5.32 Å². The van der Waals surface area contributed by atoms with Crippen molar-refractivity contribution in [2.24, 2.45) is 7.05 Å². The van der Waals surface area contributed by atoms with Gasteiger partial charge in [0.1, 0.15) is 5.82 Å². The molecule has 0 saturated heterocycles. The van der Waals surface area contributed by atoms with E-state index in [1.54, 1.807) is 11.7 Å². The molecule has 1 aromatic carbocycles. The highest BCUT2D eigenvalue weighted by atomic mass is 16.4. The van der Waals surface area contributed by atoms with Crippen LogP contribution in [0.4, 0.5) is 11.5 Å². The van der Waals surface area contributed by atoms with Gasteiger partial charge < -0.3 is 10.4 Å². The van der Waals surface area contributed by atoms with E-state index in [2.05, 4.69) is 15.4 Å². The molecule has 0 aliphatic rings. The van der Waals surface area contributed by atoms with Gasteiger partial charge >= 0.3 is 5.97 Å². The molecule has 2 heterocycles. The zero-order chi connectivity index (χ0) is 15.5. The summed E-state index contributed by atoms with van der Waals surface area (Å²) in [6.07, 6.45) is 2.94. The number of hydrogen-bond acceptors (Lipinski definition) is 4. The van der Waals surface area contributed by atoms with E-state index in [1.807, 2.05) is 36.4 Å². The highest BCUT2D eigenvalue weighted by Crippen LogP contribution is 2.24. The number of aromatic carboxylic acids is 1. The molecular formula is C16H14N4O2. The minimum absolute atomic E-state index is 0.164. The van der Waals surface area contributed by atoms with Crippen molar-refractivity contribution in [2.45, 2.75) is 0 Å². The van der Waals surface area contributed by atoms with Gasteiger partial charge in [0.15, 0.2) is 0 Å². The zero-order valence-electron chi connectivity index (χ0n) is 11.9. The topological polar surface area (TPSA) is 80.0 Å². The number of hydrogen-bond donors (Lipinski definition) is 2. The normalized spacial score (nSPS) is 10.4. The van der Waals surface area contributed by atoms with Crippen molar-refractivity contribution in [1.29, 1.82) is 0 Å². The molecule has 2 N–H and O–H groups in total. The molecular weight excluding hydrogens is 280 g/mol. The SMILES string of the molecule is Cn1nc(-c2ccccc2)cc1Nc1cnccc1C(=O)O. The fourth-order valence-corrected chi connectivity index (χ4v) is 2.15. The molecule has 6 nitrogen and oxygen atoms in total. The first-order valence-corrected chi connectivity index (χ1v) is 6.69. The van der Waals surface area contributed by atoms with Crippen LogP contribution >= 0.6 is 0 Å². The van der Waals surface area contributed by atoms with Gasteiger partial charge in [-0.3, -0.25) is 9.67 Å². The summed E-state index contributed by atoms with van der Waals surface area (Å²) in [5.74, 6) is -0.315. The molecule has 3 rings (SSSR count). The lowest BCUT2D eigenvalue weighted by Gasteiger charge is -2.08. The minimum atomic E-state index is -1.00. The summed E-state index contributed by atoms with van der Waals surface area (Å²) in [6, 6.07) is 13.1. The van der Waals surface area contributed by atoms with Crippen molar-refractivity contribution < 1.29 is 9.90 Å². The number of anilines is 2. The molecule has 0 atom stereocenters. The van der Waals surface area contributed by atoms with Crippen LogP contribution in [0.25, 0.3) is 11.3 Å². The molecule has 0 fully saturated rings. The second kappa shape index (κ2) is 5.69. The van der Waals surface area contributed by atoms with Gasteiger partial charge in [-0.1, -0.05) is 30.3 Å². The van der Waals surface area contributed by atoms with Gasteiger partial charge in [0.05, 0.1) is 23.1 Å². The van der Waals surface area contributed by atoms with E-state index in [0.717, 1.165) is 11.3 Å². The fraction of sp³-hybridized carbons (Fsp3) is 0.0625. The first-order chi connectivity index (χ1) is 10.6. The number of benzene rings is 1. The second-order valence-electron chi connectivity index (χ2n) is 4.76. The van der Waals surface area contributed by atoms with Crippen LogP contribution in [0.1, 0.15) is 10.4 Å². The predicted molar refractivity (Wildman–Crippen MR) is 83.1 cm³/mol. The molecule has 0 bridgehead atoms.